The first-order valence-electron chi connectivity index (χ1n) is 8.84. The maximum atomic E-state index is 12.6. The number of carboxylic acid groups (broad SMARTS) is 1. The summed E-state index contributed by atoms with van der Waals surface area (Å²) in [5.74, 6) is -0.907. The minimum Gasteiger partial charge on any atom is -0.481 e. The van der Waals surface area contributed by atoms with Crippen LogP contribution in [0, 0.1) is 5.92 Å². The predicted molar refractivity (Wildman–Crippen MR) is 97.8 cm³/mol. The number of anilines is 1. The second-order valence-corrected chi connectivity index (χ2v) is 7.59. The minimum atomic E-state index is -0.722. The number of nitrogens with zero attached hydrogens (tertiary/aromatic N) is 2. The number of benzene rings is 1. The van der Waals surface area contributed by atoms with Gasteiger partial charge in [0, 0.05) is 29.9 Å². The summed E-state index contributed by atoms with van der Waals surface area (Å²) in [6, 6.07) is 8.25. The average molecular weight is 342 g/mol. The van der Waals surface area contributed by atoms with Crippen molar-refractivity contribution in [1.82, 2.24) is 4.90 Å². The first-order chi connectivity index (χ1) is 11.8. The largest absolute Gasteiger partial charge is 0.481 e. The minimum absolute atomic E-state index is 0.0801. The van der Waals surface area contributed by atoms with E-state index in [2.05, 4.69) is 35.8 Å². The van der Waals surface area contributed by atoms with Gasteiger partial charge < -0.3 is 10.0 Å². The molecular weight excluding hydrogens is 316 g/mol. The Kier molecular flexibility index (Phi) is 4.69. The van der Waals surface area contributed by atoms with Crippen LogP contribution < -0.4 is 4.90 Å². The quantitative estimate of drug-likeness (QED) is 0.853. The number of aliphatic carboxylic acids is 1. The molecule has 2 heterocycles. The molecule has 2 aliphatic heterocycles. The highest BCUT2D eigenvalue weighted by molar-refractivity contribution is 5.94. The molecular formula is C20H26N2O3. The molecule has 0 bridgehead atoms. The molecule has 2 aliphatic rings. The lowest BCUT2D eigenvalue weighted by atomic mass is 9.83. The van der Waals surface area contributed by atoms with Gasteiger partial charge in [0.2, 0.25) is 0 Å². The van der Waals surface area contributed by atoms with Crippen LogP contribution in [-0.2, 0) is 15.0 Å². The number of likely N-dealkylation sites (N-methyl/N-ethyl adjacent to an activating group) is 1. The topological polar surface area (TPSA) is 60.9 Å². The summed E-state index contributed by atoms with van der Waals surface area (Å²) in [6.07, 6.45) is 3.01. The van der Waals surface area contributed by atoms with Gasteiger partial charge in [-0.3, -0.25) is 14.5 Å². The van der Waals surface area contributed by atoms with Gasteiger partial charge >= 0.3 is 5.97 Å². The molecule has 1 N–H and O–H groups in total. The molecule has 0 atom stereocenters. The van der Waals surface area contributed by atoms with Gasteiger partial charge in [0.05, 0.1) is 12.5 Å². The number of carbonyl (C=O) groups is 2. The highest BCUT2D eigenvalue weighted by atomic mass is 16.4. The first-order valence-corrected chi connectivity index (χ1v) is 8.84. The number of carboxylic acids is 1. The fourth-order valence-corrected chi connectivity index (χ4v) is 4.02. The van der Waals surface area contributed by atoms with E-state index in [4.69, 9.17) is 5.11 Å². The number of allylic oxidation sites excluding steroid dienone is 1. The molecule has 0 spiro atoms. The van der Waals surface area contributed by atoms with Gasteiger partial charge in [-0.05, 0) is 37.6 Å². The molecule has 1 saturated heterocycles. The third kappa shape index (κ3) is 3.33. The molecule has 1 fully saturated rings. The SMILES string of the molecule is CN1C(=CC(=O)CN2CCC(C(=O)O)CC2)C(C)(C)c2ccccc21. The molecule has 0 saturated carbocycles. The second-order valence-electron chi connectivity index (χ2n) is 7.59. The van der Waals surface area contributed by atoms with Crippen molar-refractivity contribution in [2.75, 3.05) is 31.6 Å². The Bertz CT molecular complexity index is 715. The molecule has 25 heavy (non-hydrogen) atoms. The van der Waals surface area contributed by atoms with E-state index >= 15 is 0 Å². The molecule has 134 valence electrons. The van der Waals surface area contributed by atoms with Crippen molar-refractivity contribution >= 4 is 17.4 Å². The number of hydrogen-bond acceptors (Lipinski definition) is 4. The van der Waals surface area contributed by atoms with Crippen LogP contribution in [0.5, 0.6) is 0 Å². The lowest BCUT2D eigenvalue weighted by Crippen LogP contribution is -2.39. The summed E-state index contributed by atoms with van der Waals surface area (Å²) in [5, 5.41) is 9.07. The summed E-state index contributed by atoms with van der Waals surface area (Å²) in [6.45, 7) is 5.99. The summed E-state index contributed by atoms with van der Waals surface area (Å²) in [4.78, 5) is 27.8. The predicted octanol–water partition coefficient (Wildman–Crippen LogP) is 2.66. The van der Waals surface area contributed by atoms with Crippen molar-refractivity contribution in [2.45, 2.75) is 32.1 Å². The van der Waals surface area contributed by atoms with Gasteiger partial charge in [-0.1, -0.05) is 32.0 Å². The lowest BCUT2D eigenvalue weighted by Gasteiger charge is -2.29. The summed E-state index contributed by atoms with van der Waals surface area (Å²) in [5.41, 5.74) is 3.20. The zero-order valence-electron chi connectivity index (χ0n) is 15.2. The fourth-order valence-electron chi connectivity index (χ4n) is 4.02. The summed E-state index contributed by atoms with van der Waals surface area (Å²) >= 11 is 0. The van der Waals surface area contributed by atoms with Crippen LogP contribution in [0.15, 0.2) is 36.0 Å². The highest BCUT2D eigenvalue weighted by Gasteiger charge is 2.38. The third-order valence-electron chi connectivity index (χ3n) is 5.55. The molecule has 0 amide bonds. The Morgan fingerprint density at radius 2 is 1.88 bits per heavy atom. The van der Waals surface area contributed by atoms with Crippen LogP contribution >= 0.6 is 0 Å². The van der Waals surface area contributed by atoms with Crippen LogP contribution in [0.4, 0.5) is 5.69 Å². The Balaban J connectivity index is 1.69. The van der Waals surface area contributed by atoms with Crippen molar-refractivity contribution < 1.29 is 14.7 Å². The van der Waals surface area contributed by atoms with Crippen molar-refractivity contribution in [3.63, 3.8) is 0 Å². The first kappa shape index (κ1) is 17.7. The van der Waals surface area contributed by atoms with E-state index in [1.54, 1.807) is 6.08 Å². The van der Waals surface area contributed by atoms with E-state index in [1.807, 2.05) is 19.2 Å². The molecule has 0 aromatic heterocycles. The Hall–Kier alpha value is -2.14. The molecule has 0 unspecified atom stereocenters. The van der Waals surface area contributed by atoms with E-state index in [0.29, 0.717) is 32.5 Å². The summed E-state index contributed by atoms with van der Waals surface area (Å²) < 4.78 is 0. The van der Waals surface area contributed by atoms with Gasteiger partial charge in [0.15, 0.2) is 5.78 Å². The molecule has 0 radical (unpaired) electrons. The van der Waals surface area contributed by atoms with Crippen molar-refractivity contribution in [3.8, 4) is 0 Å². The highest BCUT2D eigenvalue weighted by Crippen LogP contribution is 2.46. The van der Waals surface area contributed by atoms with Crippen LogP contribution in [0.2, 0.25) is 0 Å². The Labute approximate surface area is 148 Å². The lowest BCUT2D eigenvalue weighted by molar-refractivity contribution is -0.143. The standard InChI is InChI=1S/C20H26N2O3/c1-20(2)16-6-4-5-7-17(16)21(3)18(20)12-15(23)13-22-10-8-14(9-11-22)19(24)25/h4-7,12,14H,8-11,13H2,1-3H3,(H,24,25). The number of piperidine rings is 1. The number of likely N-dealkylation sites (tertiary alicyclic amines) is 1. The van der Waals surface area contributed by atoms with Crippen molar-refractivity contribution in [1.29, 1.82) is 0 Å². The maximum absolute atomic E-state index is 12.6. The number of para-hydroxylation sites is 1. The monoisotopic (exact) mass is 342 g/mol. The van der Waals surface area contributed by atoms with E-state index < -0.39 is 5.97 Å². The molecule has 5 nitrogen and oxygen atoms in total. The number of rotatable bonds is 4. The Morgan fingerprint density at radius 1 is 1.24 bits per heavy atom. The smallest absolute Gasteiger partial charge is 0.306 e. The maximum Gasteiger partial charge on any atom is 0.306 e. The van der Waals surface area contributed by atoms with Gasteiger partial charge in [0.25, 0.3) is 0 Å². The third-order valence-corrected chi connectivity index (χ3v) is 5.55. The van der Waals surface area contributed by atoms with Crippen LogP contribution in [-0.4, -0.2) is 48.4 Å². The van der Waals surface area contributed by atoms with E-state index in [0.717, 1.165) is 11.4 Å². The second kappa shape index (κ2) is 6.64. The average Bonchev–Trinajstić information content (AvgIpc) is 2.77. The number of carbonyl (C=O) groups excluding carboxylic acids is 1. The van der Waals surface area contributed by atoms with Crippen molar-refractivity contribution in [3.05, 3.63) is 41.6 Å². The van der Waals surface area contributed by atoms with Crippen molar-refractivity contribution in [2.24, 2.45) is 5.92 Å². The van der Waals surface area contributed by atoms with E-state index in [9.17, 15) is 9.59 Å². The number of hydrogen-bond donors (Lipinski definition) is 1. The molecule has 1 aromatic carbocycles. The van der Waals surface area contributed by atoms with Gasteiger partial charge in [-0.2, -0.15) is 0 Å². The number of fused-ring (bicyclic) bond motifs is 1. The fraction of sp³-hybridized carbons (Fsp3) is 0.500. The summed E-state index contributed by atoms with van der Waals surface area (Å²) in [7, 11) is 2.01. The van der Waals surface area contributed by atoms with Crippen LogP contribution in [0.1, 0.15) is 32.3 Å². The van der Waals surface area contributed by atoms with E-state index in [1.165, 1.54) is 5.56 Å². The zero-order chi connectivity index (χ0) is 18.2. The van der Waals surface area contributed by atoms with Gasteiger partial charge in [-0.15, -0.1) is 0 Å². The molecule has 1 aromatic rings. The van der Waals surface area contributed by atoms with Crippen LogP contribution in [0.3, 0.4) is 0 Å². The normalized spacial score (nSPS) is 22.2. The van der Waals surface area contributed by atoms with E-state index in [-0.39, 0.29) is 17.1 Å². The Morgan fingerprint density at radius 3 is 2.48 bits per heavy atom. The molecule has 0 aliphatic carbocycles. The molecule has 3 rings (SSSR count). The van der Waals surface area contributed by atoms with Crippen LogP contribution in [0.25, 0.3) is 0 Å². The molecule has 5 heteroatoms. The number of ketones is 1. The van der Waals surface area contributed by atoms with Gasteiger partial charge in [-0.25, -0.2) is 0 Å². The zero-order valence-corrected chi connectivity index (χ0v) is 15.2. The van der Waals surface area contributed by atoms with Gasteiger partial charge in [0.1, 0.15) is 0 Å².